The highest BCUT2D eigenvalue weighted by atomic mass is 32.2. The molecule has 0 saturated carbocycles. The Hall–Kier alpha value is -2.33. The number of benzene rings is 1. The lowest BCUT2D eigenvalue weighted by Crippen LogP contribution is -2.32. The number of sulfonamides is 1. The standard InChI is InChI=1S/C16H14FNO6S2/c1-18(26(21,22)10-5-3-9(17)4-6-10)14-8-12-13(25-14)7-11(15(19)23-2)16(20)24-12/h3-8,12-13H,1-2H3. The third kappa shape index (κ3) is 3.21. The highest BCUT2D eigenvalue weighted by Crippen LogP contribution is 2.41. The zero-order chi connectivity index (χ0) is 19.1. The van der Waals surface area contributed by atoms with Crippen LogP contribution in [0.15, 0.2) is 51.9 Å². The first-order valence-corrected chi connectivity index (χ1v) is 9.70. The number of esters is 2. The molecule has 7 nitrogen and oxygen atoms in total. The van der Waals surface area contributed by atoms with Crippen molar-refractivity contribution in [1.29, 1.82) is 0 Å². The highest BCUT2D eigenvalue weighted by molar-refractivity contribution is 8.05. The predicted molar refractivity (Wildman–Crippen MR) is 90.8 cm³/mol. The molecule has 0 N–H and O–H groups in total. The largest absolute Gasteiger partial charge is 0.465 e. The molecule has 10 heteroatoms. The molecule has 2 atom stereocenters. The fourth-order valence-electron chi connectivity index (χ4n) is 2.45. The van der Waals surface area contributed by atoms with E-state index in [1.165, 1.54) is 31.3 Å². The summed E-state index contributed by atoms with van der Waals surface area (Å²) < 4.78 is 49.1. The van der Waals surface area contributed by atoms with Gasteiger partial charge in [0.05, 0.1) is 22.3 Å². The zero-order valence-electron chi connectivity index (χ0n) is 13.7. The van der Waals surface area contributed by atoms with E-state index in [4.69, 9.17) is 4.74 Å². The molecule has 1 aromatic rings. The van der Waals surface area contributed by atoms with Crippen LogP contribution in [0.2, 0.25) is 0 Å². The summed E-state index contributed by atoms with van der Waals surface area (Å²) in [6, 6.07) is 4.46. The number of nitrogens with zero attached hydrogens (tertiary/aromatic N) is 1. The highest BCUT2D eigenvalue weighted by Gasteiger charge is 2.40. The van der Waals surface area contributed by atoms with E-state index in [0.29, 0.717) is 5.03 Å². The molecule has 3 rings (SSSR count). The molecular formula is C16H14FNO6S2. The van der Waals surface area contributed by atoms with E-state index in [0.717, 1.165) is 35.3 Å². The monoisotopic (exact) mass is 399 g/mol. The van der Waals surface area contributed by atoms with Crippen LogP contribution in [-0.4, -0.2) is 50.2 Å². The van der Waals surface area contributed by atoms with Crippen LogP contribution >= 0.6 is 11.8 Å². The summed E-state index contributed by atoms with van der Waals surface area (Å²) in [6.07, 6.45) is 2.22. The van der Waals surface area contributed by atoms with Crippen molar-refractivity contribution in [2.24, 2.45) is 0 Å². The Kier molecular flexibility index (Phi) is 4.80. The van der Waals surface area contributed by atoms with Crippen LogP contribution in [0.5, 0.6) is 0 Å². The molecule has 1 aromatic carbocycles. The van der Waals surface area contributed by atoms with E-state index >= 15 is 0 Å². The van der Waals surface area contributed by atoms with Gasteiger partial charge in [-0.1, -0.05) is 11.8 Å². The molecule has 0 radical (unpaired) electrons. The first-order chi connectivity index (χ1) is 12.2. The van der Waals surface area contributed by atoms with Crippen molar-refractivity contribution in [3.63, 3.8) is 0 Å². The van der Waals surface area contributed by atoms with Gasteiger partial charge < -0.3 is 9.47 Å². The van der Waals surface area contributed by atoms with E-state index in [1.54, 1.807) is 0 Å². The fraction of sp³-hybridized carbons (Fsp3) is 0.250. The van der Waals surface area contributed by atoms with Gasteiger partial charge in [-0.3, -0.25) is 4.31 Å². The van der Waals surface area contributed by atoms with Crippen LogP contribution in [0.3, 0.4) is 0 Å². The number of thioether (sulfide) groups is 1. The van der Waals surface area contributed by atoms with Gasteiger partial charge in [0.25, 0.3) is 10.0 Å². The minimum atomic E-state index is -3.91. The Balaban J connectivity index is 1.85. The molecule has 0 amide bonds. The zero-order valence-corrected chi connectivity index (χ0v) is 15.3. The minimum Gasteiger partial charge on any atom is -0.465 e. The van der Waals surface area contributed by atoms with E-state index in [-0.39, 0.29) is 10.5 Å². The summed E-state index contributed by atoms with van der Waals surface area (Å²) in [5.74, 6) is -2.17. The summed E-state index contributed by atoms with van der Waals surface area (Å²) in [5.41, 5.74) is -0.222. The normalized spacial score (nSPS) is 22.0. The quantitative estimate of drug-likeness (QED) is 0.559. The maximum absolute atomic E-state index is 13.0. The number of hydrogen-bond acceptors (Lipinski definition) is 7. The maximum atomic E-state index is 13.0. The Labute approximate surface area is 153 Å². The molecule has 2 unspecified atom stereocenters. The summed E-state index contributed by atoms with van der Waals surface area (Å²) >= 11 is 1.13. The van der Waals surface area contributed by atoms with E-state index in [1.807, 2.05) is 0 Å². The van der Waals surface area contributed by atoms with Crippen molar-refractivity contribution in [1.82, 2.24) is 4.31 Å². The van der Waals surface area contributed by atoms with Gasteiger partial charge in [0, 0.05) is 7.05 Å². The Morgan fingerprint density at radius 3 is 2.54 bits per heavy atom. The second kappa shape index (κ2) is 6.76. The Morgan fingerprint density at radius 2 is 1.92 bits per heavy atom. The molecule has 0 spiro atoms. The van der Waals surface area contributed by atoms with Crippen LogP contribution in [-0.2, 0) is 29.1 Å². The molecule has 0 aliphatic carbocycles. The minimum absolute atomic E-state index is 0.0689. The fourth-order valence-corrected chi connectivity index (χ4v) is 5.08. The van der Waals surface area contributed by atoms with Gasteiger partial charge >= 0.3 is 11.9 Å². The van der Waals surface area contributed by atoms with Gasteiger partial charge in [-0.15, -0.1) is 0 Å². The number of rotatable bonds is 4. The first-order valence-electron chi connectivity index (χ1n) is 7.38. The van der Waals surface area contributed by atoms with Crippen LogP contribution < -0.4 is 0 Å². The average Bonchev–Trinajstić information content (AvgIpc) is 3.02. The summed E-state index contributed by atoms with van der Waals surface area (Å²) in [5, 5.41) is -0.109. The molecule has 0 fully saturated rings. The van der Waals surface area contributed by atoms with Crippen LogP contribution in [0.4, 0.5) is 4.39 Å². The predicted octanol–water partition coefficient (Wildman–Crippen LogP) is 1.43. The Morgan fingerprint density at radius 1 is 1.27 bits per heavy atom. The van der Waals surface area contributed by atoms with Gasteiger partial charge in [-0.05, 0) is 36.4 Å². The van der Waals surface area contributed by atoms with Gasteiger partial charge in [0.15, 0.2) is 0 Å². The summed E-state index contributed by atoms with van der Waals surface area (Å²) in [4.78, 5) is 23.4. The van der Waals surface area contributed by atoms with Crippen molar-refractivity contribution in [3.05, 3.63) is 52.8 Å². The second-order valence-corrected chi connectivity index (χ2v) is 8.62. The number of carbonyl (C=O) groups is 2. The molecule has 138 valence electrons. The molecule has 0 aromatic heterocycles. The van der Waals surface area contributed by atoms with E-state index < -0.39 is 39.1 Å². The van der Waals surface area contributed by atoms with Crippen molar-refractivity contribution >= 4 is 33.7 Å². The molecule has 2 aliphatic heterocycles. The number of fused-ring (bicyclic) bond motifs is 1. The lowest BCUT2D eigenvalue weighted by molar-refractivity contribution is -0.148. The number of ether oxygens (including phenoxy) is 2. The molecule has 26 heavy (non-hydrogen) atoms. The molecule has 0 saturated heterocycles. The second-order valence-electron chi connectivity index (χ2n) is 5.46. The third-order valence-corrected chi connectivity index (χ3v) is 7.10. The van der Waals surface area contributed by atoms with E-state index in [2.05, 4.69) is 4.74 Å². The summed E-state index contributed by atoms with van der Waals surface area (Å²) in [6.45, 7) is 0. The molecule has 2 aliphatic rings. The number of hydrogen-bond donors (Lipinski definition) is 0. The van der Waals surface area contributed by atoms with Gasteiger partial charge in [0.1, 0.15) is 17.5 Å². The number of carbonyl (C=O) groups excluding carboxylic acids is 2. The summed E-state index contributed by atoms with van der Waals surface area (Å²) in [7, 11) is -1.41. The van der Waals surface area contributed by atoms with Crippen molar-refractivity contribution < 1.29 is 31.9 Å². The molecule has 0 bridgehead atoms. The average molecular weight is 399 g/mol. The van der Waals surface area contributed by atoms with Gasteiger partial charge in [-0.25, -0.2) is 22.4 Å². The van der Waals surface area contributed by atoms with Gasteiger partial charge in [0.2, 0.25) is 0 Å². The Bertz CT molecular complexity index is 923. The smallest absolute Gasteiger partial charge is 0.345 e. The SMILES string of the molecule is COC(=O)C1=CC2SC(N(C)S(=O)(=O)c3ccc(F)cc3)=CC2OC1=O. The van der Waals surface area contributed by atoms with Crippen molar-refractivity contribution in [3.8, 4) is 0 Å². The lowest BCUT2D eigenvalue weighted by atomic mass is 10.1. The molecular weight excluding hydrogens is 385 g/mol. The molecule has 2 heterocycles. The first kappa shape index (κ1) is 18.5. The van der Waals surface area contributed by atoms with E-state index in [9.17, 15) is 22.4 Å². The van der Waals surface area contributed by atoms with Crippen LogP contribution in [0, 0.1) is 5.82 Å². The van der Waals surface area contributed by atoms with Gasteiger partial charge in [-0.2, -0.15) is 0 Å². The third-order valence-electron chi connectivity index (χ3n) is 3.87. The number of methoxy groups -OCH3 is 1. The maximum Gasteiger partial charge on any atom is 0.345 e. The lowest BCUT2D eigenvalue weighted by Gasteiger charge is -2.22. The topological polar surface area (TPSA) is 90.0 Å². The van der Waals surface area contributed by atoms with Crippen LogP contribution in [0.1, 0.15) is 0 Å². The van der Waals surface area contributed by atoms with Crippen molar-refractivity contribution in [2.75, 3.05) is 14.2 Å². The number of halogens is 1. The van der Waals surface area contributed by atoms with Crippen molar-refractivity contribution in [2.45, 2.75) is 16.2 Å². The van der Waals surface area contributed by atoms with Crippen LogP contribution in [0.25, 0.3) is 0 Å².